The van der Waals surface area contributed by atoms with E-state index in [2.05, 4.69) is 37.9 Å². The van der Waals surface area contributed by atoms with Crippen LogP contribution in [0.2, 0.25) is 0 Å². The van der Waals surface area contributed by atoms with Gasteiger partial charge in [-0.1, -0.05) is 82.7 Å². The van der Waals surface area contributed by atoms with E-state index in [1.807, 2.05) is 91.0 Å². The average Bonchev–Trinajstić information content (AvgIpc) is 3.35. The summed E-state index contributed by atoms with van der Waals surface area (Å²) < 4.78 is 12.9. The number of aryl methyl sites for hydroxylation is 2. The van der Waals surface area contributed by atoms with Crippen LogP contribution >= 0.6 is 15.9 Å². The second kappa shape index (κ2) is 11.9. The van der Waals surface area contributed by atoms with E-state index in [4.69, 9.17) is 9.15 Å². The predicted octanol–water partition coefficient (Wildman–Crippen LogP) is 8.01. The number of nitrogens with zero attached hydrogens (tertiary/aromatic N) is 2. The lowest BCUT2D eigenvalue weighted by molar-refractivity contribution is 0.0599. The Balaban J connectivity index is 1.71. The molecular weight excluding hydrogens is 540 g/mol. The quantitative estimate of drug-likeness (QED) is 0.169. The van der Waals surface area contributed by atoms with Crippen LogP contribution in [0.3, 0.4) is 0 Å². The number of hydrogen-bond donors (Lipinski definition) is 0. The van der Waals surface area contributed by atoms with Crippen molar-refractivity contribution in [2.75, 3.05) is 12.0 Å². The number of hydrogen-bond acceptors (Lipinski definition) is 5. The first-order valence-electron chi connectivity index (χ1n) is 12.4. The number of halogens is 1. The molecule has 0 aliphatic rings. The number of esters is 1. The van der Waals surface area contributed by atoms with Crippen molar-refractivity contribution in [3.05, 3.63) is 136 Å². The Labute approximate surface area is 230 Å². The van der Waals surface area contributed by atoms with E-state index >= 15 is 0 Å². The molecule has 2 heterocycles. The number of furan rings is 1. The van der Waals surface area contributed by atoms with E-state index in [0.29, 0.717) is 35.7 Å². The zero-order valence-electron chi connectivity index (χ0n) is 21.0. The number of pyridine rings is 1. The first kappa shape index (κ1) is 25.5. The predicted molar refractivity (Wildman–Crippen MR) is 154 cm³/mol. The van der Waals surface area contributed by atoms with Gasteiger partial charge in [-0.05, 0) is 48.4 Å². The highest BCUT2D eigenvalue weighted by Gasteiger charge is 2.31. The number of methoxy groups -OCH3 is 1. The molecule has 0 bridgehead atoms. The van der Waals surface area contributed by atoms with E-state index in [0.717, 1.165) is 27.8 Å². The van der Waals surface area contributed by atoms with Crippen LogP contribution in [-0.2, 0) is 24.1 Å². The molecule has 38 heavy (non-hydrogen) atoms. The van der Waals surface area contributed by atoms with Crippen LogP contribution in [0.1, 0.15) is 27.4 Å². The van der Waals surface area contributed by atoms with E-state index < -0.39 is 5.97 Å². The lowest BCUT2D eigenvalue weighted by Gasteiger charge is -2.25. The molecule has 0 saturated heterocycles. The Morgan fingerprint density at radius 2 is 1.55 bits per heavy atom. The Morgan fingerprint density at radius 3 is 2.21 bits per heavy atom. The minimum absolute atomic E-state index is 0.432. The van der Waals surface area contributed by atoms with Gasteiger partial charge in [-0.3, -0.25) is 4.98 Å². The van der Waals surface area contributed by atoms with E-state index in [1.165, 1.54) is 12.7 Å². The van der Waals surface area contributed by atoms with Crippen LogP contribution in [0.5, 0.6) is 0 Å². The molecule has 3 aromatic carbocycles. The number of para-hydroxylation sites is 1. The van der Waals surface area contributed by atoms with Gasteiger partial charge in [-0.25, -0.2) is 4.79 Å². The van der Waals surface area contributed by atoms with Crippen molar-refractivity contribution < 1.29 is 13.9 Å². The molecule has 0 amide bonds. The molecule has 2 aromatic heterocycles. The van der Waals surface area contributed by atoms with Gasteiger partial charge >= 0.3 is 5.97 Å². The first-order valence-corrected chi connectivity index (χ1v) is 13.2. The number of anilines is 2. The minimum atomic E-state index is -0.433. The summed E-state index contributed by atoms with van der Waals surface area (Å²) in [4.78, 5) is 20.1. The molecule has 5 nitrogen and oxygen atoms in total. The van der Waals surface area contributed by atoms with Gasteiger partial charge in [0.25, 0.3) is 0 Å². The van der Waals surface area contributed by atoms with Gasteiger partial charge < -0.3 is 14.1 Å². The molecular formula is C32H27BrN2O3. The van der Waals surface area contributed by atoms with Gasteiger partial charge in [-0.15, -0.1) is 0 Å². The van der Waals surface area contributed by atoms with Crippen LogP contribution in [0.4, 0.5) is 11.4 Å². The Morgan fingerprint density at radius 1 is 0.868 bits per heavy atom. The van der Waals surface area contributed by atoms with Crippen molar-refractivity contribution in [2.45, 2.75) is 19.4 Å². The number of benzene rings is 3. The molecule has 0 unspecified atom stereocenters. The van der Waals surface area contributed by atoms with Crippen LogP contribution < -0.4 is 4.90 Å². The number of ether oxygens (including phenoxy) is 1. The maximum atomic E-state index is 13.4. The molecule has 0 aliphatic carbocycles. The number of carbonyl (C=O) groups is 1. The molecule has 5 rings (SSSR count). The molecule has 0 atom stereocenters. The first-order chi connectivity index (χ1) is 18.6. The second-order valence-electron chi connectivity index (χ2n) is 8.80. The van der Waals surface area contributed by atoms with Gasteiger partial charge in [0.15, 0.2) is 5.76 Å². The molecule has 0 N–H and O–H groups in total. The van der Waals surface area contributed by atoms with Crippen molar-refractivity contribution in [1.82, 2.24) is 4.98 Å². The molecule has 190 valence electrons. The normalized spacial score (nSPS) is 10.8. The summed E-state index contributed by atoms with van der Waals surface area (Å²) in [6.07, 6.45) is 3.04. The summed E-state index contributed by atoms with van der Waals surface area (Å²) in [7, 11) is 1.41. The van der Waals surface area contributed by atoms with Crippen molar-refractivity contribution in [3.63, 3.8) is 0 Å². The number of carbonyl (C=O) groups excluding carboxylic acids is 1. The Kier molecular flexibility index (Phi) is 8.00. The van der Waals surface area contributed by atoms with Crippen LogP contribution in [0.25, 0.3) is 11.3 Å². The highest BCUT2D eigenvalue weighted by Crippen LogP contribution is 2.43. The van der Waals surface area contributed by atoms with Gasteiger partial charge in [0.05, 0.1) is 19.3 Å². The van der Waals surface area contributed by atoms with E-state index in [1.54, 1.807) is 6.20 Å². The summed E-state index contributed by atoms with van der Waals surface area (Å²) in [5, 5.41) is 0. The third kappa shape index (κ3) is 5.71. The highest BCUT2D eigenvalue weighted by atomic mass is 79.9. The average molecular weight is 567 g/mol. The van der Waals surface area contributed by atoms with Crippen molar-refractivity contribution in [2.24, 2.45) is 0 Å². The smallest absolute Gasteiger partial charge is 0.343 e. The summed E-state index contributed by atoms with van der Waals surface area (Å²) >= 11 is 3.53. The molecule has 0 fully saturated rings. The summed E-state index contributed by atoms with van der Waals surface area (Å²) in [5.41, 5.74) is 4.90. The molecule has 5 aromatic rings. The maximum Gasteiger partial charge on any atom is 0.343 e. The minimum Gasteiger partial charge on any atom is -0.465 e. The van der Waals surface area contributed by atoms with E-state index in [-0.39, 0.29) is 0 Å². The van der Waals surface area contributed by atoms with Gasteiger partial charge in [0.1, 0.15) is 17.0 Å². The maximum absolute atomic E-state index is 13.4. The summed E-state index contributed by atoms with van der Waals surface area (Å²) in [6.45, 7) is 0.441. The largest absolute Gasteiger partial charge is 0.465 e. The zero-order chi connectivity index (χ0) is 26.3. The van der Waals surface area contributed by atoms with Gasteiger partial charge in [0.2, 0.25) is 0 Å². The lowest BCUT2D eigenvalue weighted by Crippen LogP contribution is -2.20. The van der Waals surface area contributed by atoms with Crippen molar-refractivity contribution in [3.8, 4) is 11.3 Å². The second-order valence-corrected chi connectivity index (χ2v) is 9.72. The monoisotopic (exact) mass is 566 g/mol. The van der Waals surface area contributed by atoms with Gasteiger partial charge in [0, 0.05) is 28.3 Å². The summed E-state index contributed by atoms with van der Waals surface area (Å²) in [6, 6.07) is 33.9. The Hall–Kier alpha value is -4.16. The molecule has 0 aliphatic heterocycles. The van der Waals surface area contributed by atoms with Crippen LogP contribution in [0.15, 0.2) is 118 Å². The third-order valence-corrected chi connectivity index (χ3v) is 6.85. The lowest BCUT2D eigenvalue weighted by atomic mass is 10.0. The topological polar surface area (TPSA) is 55.6 Å². The van der Waals surface area contributed by atoms with Gasteiger partial charge in [-0.2, -0.15) is 0 Å². The number of rotatable bonds is 9. The number of aromatic nitrogens is 1. The van der Waals surface area contributed by atoms with Crippen molar-refractivity contribution in [1.29, 1.82) is 0 Å². The third-order valence-electron chi connectivity index (χ3n) is 6.32. The van der Waals surface area contributed by atoms with Crippen LogP contribution in [-0.4, -0.2) is 18.1 Å². The molecule has 0 saturated carbocycles. The fourth-order valence-electron chi connectivity index (χ4n) is 4.47. The highest BCUT2D eigenvalue weighted by molar-refractivity contribution is 9.10. The zero-order valence-corrected chi connectivity index (χ0v) is 22.6. The fourth-order valence-corrected chi connectivity index (χ4v) is 4.74. The molecule has 0 spiro atoms. The molecule has 6 heteroatoms. The van der Waals surface area contributed by atoms with Crippen LogP contribution in [0, 0.1) is 0 Å². The standard InChI is InChI=1S/C32H27BrN2O3/c1-37-32(36)29-28(20-15-23-10-4-2-5-11-23)38-31(24-16-18-25(33)19-17-24)30(29)35(27-13-6-3-7-14-27)22-26-12-8-9-21-34-26/h2-14,16-19,21H,15,20,22H2,1H3. The SMILES string of the molecule is COC(=O)c1c(CCc2ccccc2)oc(-c2ccc(Br)cc2)c1N(Cc1ccccn1)c1ccccc1. The van der Waals surface area contributed by atoms with Crippen molar-refractivity contribution >= 4 is 33.3 Å². The van der Waals surface area contributed by atoms with E-state index in [9.17, 15) is 4.79 Å². The Bertz CT molecular complexity index is 1490. The fraction of sp³-hybridized carbons (Fsp3) is 0.125. The summed E-state index contributed by atoms with van der Waals surface area (Å²) in [5.74, 6) is 0.772. The molecule has 0 radical (unpaired) electrons.